The van der Waals surface area contributed by atoms with E-state index in [2.05, 4.69) is 0 Å². The lowest BCUT2D eigenvalue weighted by Gasteiger charge is -2.50. The van der Waals surface area contributed by atoms with E-state index >= 15 is 0 Å². The lowest BCUT2D eigenvalue weighted by molar-refractivity contribution is -0.938. The lowest BCUT2D eigenvalue weighted by Crippen LogP contribution is -2.65. The molecule has 0 spiro atoms. The first-order chi connectivity index (χ1) is 13.5. The fourth-order valence-corrected chi connectivity index (χ4v) is 4.77. The van der Waals surface area contributed by atoms with Gasteiger partial charge in [0.15, 0.2) is 5.78 Å². The van der Waals surface area contributed by atoms with Crippen LogP contribution in [0.15, 0.2) is 48.5 Å². The first-order valence-corrected chi connectivity index (χ1v) is 10.3. The van der Waals surface area contributed by atoms with Gasteiger partial charge in [-0.15, -0.1) is 0 Å². The summed E-state index contributed by atoms with van der Waals surface area (Å²) in [6.07, 6.45) is 2.32. The molecular weight excluding hydrogens is 350 g/mol. The lowest BCUT2D eigenvalue weighted by atomic mass is 9.83. The number of piperidine rings is 3. The first-order valence-electron chi connectivity index (χ1n) is 10.3. The number of carbonyl (C=O) groups is 2. The minimum atomic E-state index is -0.250. The zero-order valence-electron chi connectivity index (χ0n) is 16.4. The Hall–Kier alpha value is -2.30. The van der Waals surface area contributed by atoms with E-state index < -0.39 is 0 Å². The second kappa shape index (κ2) is 7.61. The van der Waals surface area contributed by atoms with Gasteiger partial charge in [0.2, 0.25) is 5.78 Å². The molecule has 0 radical (unpaired) electrons. The van der Waals surface area contributed by atoms with E-state index in [4.69, 9.17) is 0 Å². The van der Waals surface area contributed by atoms with Crippen molar-refractivity contribution in [2.24, 2.45) is 5.92 Å². The van der Waals surface area contributed by atoms with Crippen molar-refractivity contribution in [1.82, 2.24) is 0 Å². The number of aliphatic hydroxyl groups is 1. The van der Waals surface area contributed by atoms with Crippen LogP contribution in [-0.2, 0) is 0 Å². The highest BCUT2D eigenvalue weighted by atomic mass is 16.3. The van der Waals surface area contributed by atoms with Crippen molar-refractivity contribution < 1.29 is 19.2 Å². The number of fused-ring (bicyclic) bond motifs is 3. The minimum absolute atomic E-state index is 0.145. The Bertz CT molecular complexity index is 862. The topological polar surface area (TPSA) is 54.4 Å². The molecule has 2 bridgehead atoms. The Morgan fingerprint density at radius 2 is 1.39 bits per heavy atom. The summed E-state index contributed by atoms with van der Waals surface area (Å²) in [4.78, 5) is 24.6. The highest BCUT2D eigenvalue weighted by Gasteiger charge is 2.46. The molecule has 5 rings (SSSR count). The molecule has 2 aromatic rings. The van der Waals surface area contributed by atoms with Crippen molar-refractivity contribution in [3.63, 3.8) is 0 Å². The van der Waals surface area contributed by atoms with Crippen LogP contribution >= 0.6 is 0 Å². The zero-order valence-corrected chi connectivity index (χ0v) is 16.4. The summed E-state index contributed by atoms with van der Waals surface area (Å²) in [5.41, 5.74) is 3.54. The van der Waals surface area contributed by atoms with Crippen LogP contribution in [0.1, 0.15) is 46.9 Å². The van der Waals surface area contributed by atoms with Crippen molar-refractivity contribution in [3.8, 4) is 11.1 Å². The molecule has 3 aliphatic rings. The van der Waals surface area contributed by atoms with E-state index in [0.29, 0.717) is 18.9 Å². The van der Waals surface area contributed by atoms with Crippen molar-refractivity contribution >= 4 is 11.6 Å². The summed E-state index contributed by atoms with van der Waals surface area (Å²) in [7, 11) is 0. The summed E-state index contributed by atoms with van der Waals surface area (Å²) in [6, 6.07) is 15.4. The van der Waals surface area contributed by atoms with Crippen molar-refractivity contribution in [3.05, 3.63) is 59.7 Å². The average molecular weight is 378 g/mol. The minimum Gasteiger partial charge on any atom is -0.387 e. The van der Waals surface area contributed by atoms with Gasteiger partial charge in [0.25, 0.3) is 0 Å². The third-order valence-electron chi connectivity index (χ3n) is 6.61. The molecule has 1 atom stereocenters. The standard InChI is InChI=1S/C24H28NO3/c1-2-22(26)19-7-3-17(4-8-19)18-5-9-20(10-6-18)23(27)15-25-13-11-21(12-14-25)24(28)16-25/h3-10,21,24,28H,2,11-16H2,1H3/q+1. The Morgan fingerprint density at radius 3 is 1.86 bits per heavy atom. The van der Waals surface area contributed by atoms with Crippen LogP contribution in [0.3, 0.4) is 0 Å². The van der Waals surface area contributed by atoms with E-state index in [1.165, 1.54) is 0 Å². The molecule has 2 aromatic carbocycles. The van der Waals surface area contributed by atoms with Crippen LogP contribution in [0.25, 0.3) is 11.1 Å². The monoisotopic (exact) mass is 378 g/mol. The summed E-state index contributed by atoms with van der Waals surface area (Å²) in [5, 5.41) is 10.2. The van der Waals surface area contributed by atoms with Crippen LogP contribution in [-0.4, -0.2) is 53.4 Å². The van der Waals surface area contributed by atoms with Crippen LogP contribution in [0.5, 0.6) is 0 Å². The van der Waals surface area contributed by atoms with Gasteiger partial charge < -0.3 is 9.59 Å². The second-order valence-electron chi connectivity index (χ2n) is 8.39. The van der Waals surface area contributed by atoms with Gasteiger partial charge in [0, 0.05) is 36.3 Å². The molecule has 1 N–H and O–H groups in total. The SMILES string of the molecule is CCC(=O)c1ccc(-c2ccc(C(=O)C[N+]34CCC(CC3)C(O)C4)cc2)cc1. The number of hydrogen-bond donors (Lipinski definition) is 1. The van der Waals surface area contributed by atoms with Gasteiger partial charge >= 0.3 is 0 Å². The smallest absolute Gasteiger partial charge is 0.216 e. The number of hydrogen-bond acceptors (Lipinski definition) is 3. The molecule has 0 amide bonds. The maximum absolute atomic E-state index is 12.9. The molecule has 0 saturated carbocycles. The third kappa shape index (κ3) is 3.67. The molecule has 3 fully saturated rings. The molecule has 3 heterocycles. The van der Waals surface area contributed by atoms with Gasteiger partial charge in [-0.2, -0.15) is 0 Å². The maximum Gasteiger partial charge on any atom is 0.216 e. The summed E-state index contributed by atoms with van der Waals surface area (Å²) in [5.74, 6) is 0.739. The molecule has 3 saturated heterocycles. The zero-order chi connectivity index (χ0) is 19.7. The normalized spacial score (nSPS) is 26.2. The Kier molecular flexibility index (Phi) is 5.17. The number of quaternary nitrogens is 1. The number of ketones is 2. The predicted octanol–water partition coefficient (Wildman–Crippen LogP) is 3.73. The van der Waals surface area contributed by atoms with E-state index in [0.717, 1.165) is 59.2 Å². The molecule has 4 heteroatoms. The van der Waals surface area contributed by atoms with Gasteiger partial charge in [-0.25, -0.2) is 0 Å². The number of Topliss-reactive ketones (excluding diaryl/α,β-unsaturated/α-hetero) is 2. The molecule has 28 heavy (non-hydrogen) atoms. The third-order valence-corrected chi connectivity index (χ3v) is 6.61. The average Bonchev–Trinajstić information content (AvgIpc) is 2.73. The van der Waals surface area contributed by atoms with Gasteiger partial charge in [-0.3, -0.25) is 9.59 Å². The molecule has 0 aliphatic carbocycles. The molecule has 1 unspecified atom stereocenters. The second-order valence-corrected chi connectivity index (χ2v) is 8.39. The van der Waals surface area contributed by atoms with Crippen LogP contribution in [0.4, 0.5) is 0 Å². The molecule has 4 nitrogen and oxygen atoms in total. The fraction of sp³-hybridized carbons (Fsp3) is 0.417. The maximum atomic E-state index is 12.9. The van der Waals surface area contributed by atoms with E-state index in [-0.39, 0.29) is 17.7 Å². The summed E-state index contributed by atoms with van der Waals surface area (Å²) < 4.78 is 0.741. The first kappa shape index (κ1) is 19.0. The van der Waals surface area contributed by atoms with Gasteiger partial charge in [0.1, 0.15) is 19.2 Å². The molecular formula is C24H28NO3+. The van der Waals surface area contributed by atoms with Gasteiger partial charge in [-0.05, 0) is 11.1 Å². The molecule has 0 aromatic heterocycles. The van der Waals surface area contributed by atoms with Crippen molar-refractivity contribution in [2.45, 2.75) is 32.3 Å². The van der Waals surface area contributed by atoms with Gasteiger partial charge in [0.05, 0.1) is 13.1 Å². The highest BCUT2D eigenvalue weighted by Crippen LogP contribution is 2.34. The number of benzene rings is 2. The molecule has 3 aliphatic heterocycles. The largest absolute Gasteiger partial charge is 0.387 e. The Labute approximate surface area is 166 Å². The number of carbonyl (C=O) groups excluding carboxylic acids is 2. The Morgan fingerprint density at radius 1 is 0.893 bits per heavy atom. The fourth-order valence-electron chi connectivity index (χ4n) is 4.77. The van der Waals surface area contributed by atoms with Crippen LogP contribution in [0, 0.1) is 5.92 Å². The highest BCUT2D eigenvalue weighted by molar-refractivity contribution is 5.98. The van der Waals surface area contributed by atoms with E-state index in [9.17, 15) is 14.7 Å². The molecule has 146 valence electrons. The van der Waals surface area contributed by atoms with Crippen molar-refractivity contribution in [2.75, 3.05) is 26.2 Å². The van der Waals surface area contributed by atoms with E-state index in [1.54, 1.807) is 0 Å². The van der Waals surface area contributed by atoms with E-state index in [1.807, 2.05) is 55.5 Å². The van der Waals surface area contributed by atoms with Crippen LogP contribution < -0.4 is 0 Å². The van der Waals surface area contributed by atoms with Crippen molar-refractivity contribution in [1.29, 1.82) is 0 Å². The summed E-state index contributed by atoms with van der Waals surface area (Å²) >= 11 is 0. The predicted molar refractivity (Wildman–Crippen MR) is 109 cm³/mol. The number of rotatable bonds is 6. The van der Waals surface area contributed by atoms with Crippen LogP contribution in [0.2, 0.25) is 0 Å². The Balaban J connectivity index is 1.45. The number of aliphatic hydroxyl groups excluding tert-OH is 1. The quantitative estimate of drug-likeness (QED) is 0.616. The van der Waals surface area contributed by atoms with Gasteiger partial charge in [-0.1, -0.05) is 55.5 Å². The summed E-state index contributed by atoms with van der Waals surface area (Å²) in [6.45, 7) is 5.08. The number of nitrogens with zero attached hydrogens (tertiary/aromatic N) is 1.